The van der Waals surface area contributed by atoms with Gasteiger partial charge in [-0.1, -0.05) is 6.07 Å². The highest BCUT2D eigenvalue weighted by Gasteiger charge is 2.36. The summed E-state index contributed by atoms with van der Waals surface area (Å²) in [5, 5.41) is 4.37. The van der Waals surface area contributed by atoms with E-state index < -0.39 is 24.2 Å². The van der Waals surface area contributed by atoms with Crippen LogP contribution in [0.15, 0.2) is 43.0 Å². The molecule has 0 spiro atoms. The molecule has 1 aliphatic rings. The van der Waals surface area contributed by atoms with Crippen molar-refractivity contribution in [2.24, 2.45) is 0 Å². The van der Waals surface area contributed by atoms with Gasteiger partial charge in [0, 0.05) is 31.1 Å². The monoisotopic (exact) mass is 435 g/mol. The van der Waals surface area contributed by atoms with Crippen LogP contribution >= 0.6 is 0 Å². The van der Waals surface area contributed by atoms with E-state index in [1.807, 2.05) is 0 Å². The predicted molar refractivity (Wildman–Crippen MR) is 98.7 cm³/mol. The molecule has 0 saturated carbocycles. The van der Waals surface area contributed by atoms with Gasteiger partial charge in [-0.05, 0) is 18.2 Å². The predicted octanol–water partition coefficient (Wildman–Crippen LogP) is 3.96. The number of hydrogen-bond acceptors (Lipinski definition) is 5. The molecule has 0 fully saturated rings. The minimum Gasteiger partial charge on any atom is -0.348 e. The number of alkyl halides is 5. The average Bonchev–Trinajstić information content (AvgIpc) is 3.38. The number of aromatic amines is 1. The lowest BCUT2D eigenvalue weighted by Crippen LogP contribution is -2.37. The molecular weight excluding hydrogens is 421 g/mol. The Morgan fingerprint density at radius 1 is 1.10 bits per heavy atom. The molecule has 5 rings (SSSR count). The molecule has 4 aromatic heterocycles. The number of aromatic nitrogens is 6. The summed E-state index contributed by atoms with van der Waals surface area (Å²) in [4.78, 5) is 16.9. The summed E-state index contributed by atoms with van der Waals surface area (Å²) < 4.78 is 66.7. The Kier molecular flexibility index (Phi) is 4.38. The van der Waals surface area contributed by atoms with E-state index >= 15 is 0 Å². The van der Waals surface area contributed by atoms with Crippen LogP contribution in [-0.2, 0) is 12.6 Å². The minimum absolute atomic E-state index is 0.0674. The Bertz CT molecular complexity index is 1230. The zero-order valence-electron chi connectivity index (χ0n) is 15.7. The summed E-state index contributed by atoms with van der Waals surface area (Å²) in [7, 11) is 0. The molecule has 0 aromatic carbocycles. The maximum absolute atomic E-state index is 13.4. The third-order valence-electron chi connectivity index (χ3n) is 5.19. The molecule has 0 aliphatic carbocycles. The Labute approximate surface area is 171 Å². The van der Waals surface area contributed by atoms with Crippen molar-refractivity contribution in [2.75, 3.05) is 11.4 Å². The Balaban J connectivity index is 1.62. The van der Waals surface area contributed by atoms with Crippen molar-refractivity contribution in [3.63, 3.8) is 0 Å². The molecule has 12 heteroatoms. The number of hydrogen-bond donors (Lipinski definition) is 1. The number of fused-ring (bicyclic) bond motifs is 2. The van der Waals surface area contributed by atoms with E-state index in [1.54, 1.807) is 17.0 Å². The van der Waals surface area contributed by atoms with Gasteiger partial charge in [-0.3, -0.25) is 0 Å². The van der Waals surface area contributed by atoms with Gasteiger partial charge >= 0.3 is 6.18 Å². The fraction of sp³-hybridized carbons (Fsp3) is 0.263. The summed E-state index contributed by atoms with van der Waals surface area (Å²) >= 11 is 0. The number of halogens is 5. The van der Waals surface area contributed by atoms with Crippen LogP contribution in [0, 0.1) is 0 Å². The molecule has 5 heterocycles. The maximum atomic E-state index is 13.4. The number of rotatable bonds is 3. The second kappa shape index (κ2) is 7.00. The molecule has 1 aliphatic heterocycles. The highest BCUT2D eigenvalue weighted by molar-refractivity contribution is 5.53. The van der Waals surface area contributed by atoms with Gasteiger partial charge in [0.1, 0.15) is 11.7 Å². The van der Waals surface area contributed by atoms with Crippen LogP contribution in [0.5, 0.6) is 0 Å². The molecule has 31 heavy (non-hydrogen) atoms. The SMILES string of the molecule is FC(F)c1cccc2cc(C3c4nc[nH]c4CCN3c3ncc(C(F)(F)F)cn3)nn12. The summed E-state index contributed by atoms with van der Waals surface area (Å²) in [6.45, 7) is 0.376. The van der Waals surface area contributed by atoms with Crippen LogP contribution in [0.3, 0.4) is 0 Å². The molecule has 1 unspecified atom stereocenters. The largest absolute Gasteiger partial charge is 0.419 e. The van der Waals surface area contributed by atoms with E-state index in [4.69, 9.17) is 0 Å². The smallest absolute Gasteiger partial charge is 0.348 e. The van der Waals surface area contributed by atoms with Crippen molar-refractivity contribution in [3.05, 3.63) is 71.3 Å². The number of nitrogens with one attached hydrogen (secondary N) is 1. The number of pyridine rings is 1. The number of anilines is 1. The molecule has 0 bridgehead atoms. The van der Waals surface area contributed by atoms with Crippen molar-refractivity contribution in [1.29, 1.82) is 0 Å². The topological polar surface area (TPSA) is 75.0 Å². The van der Waals surface area contributed by atoms with Crippen LogP contribution in [0.2, 0.25) is 0 Å². The molecule has 0 amide bonds. The molecule has 0 radical (unpaired) electrons. The zero-order chi connectivity index (χ0) is 21.8. The van der Waals surface area contributed by atoms with E-state index in [9.17, 15) is 22.0 Å². The van der Waals surface area contributed by atoms with Gasteiger partial charge in [0.05, 0.1) is 28.8 Å². The first-order valence-corrected chi connectivity index (χ1v) is 9.27. The van der Waals surface area contributed by atoms with Crippen LogP contribution in [0.1, 0.15) is 40.8 Å². The van der Waals surface area contributed by atoms with Gasteiger partial charge in [-0.2, -0.15) is 18.3 Å². The van der Waals surface area contributed by atoms with Crippen molar-refractivity contribution in [2.45, 2.75) is 25.1 Å². The van der Waals surface area contributed by atoms with Crippen LogP contribution < -0.4 is 4.90 Å². The van der Waals surface area contributed by atoms with E-state index in [2.05, 4.69) is 25.0 Å². The molecule has 160 valence electrons. The molecule has 1 atom stereocenters. The van der Waals surface area contributed by atoms with Gasteiger partial charge in [0.2, 0.25) is 5.95 Å². The average molecular weight is 435 g/mol. The fourth-order valence-corrected chi connectivity index (χ4v) is 3.76. The summed E-state index contributed by atoms with van der Waals surface area (Å²) in [5.41, 5.74) is 1.07. The molecule has 0 saturated heterocycles. The minimum atomic E-state index is -4.55. The standard InChI is InChI=1S/C19H14F5N7/c20-17(21)14-3-1-2-11-6-13(29-31(11)14)16-15-12(27-9-28-15)4-5-30(16)18-25-7-10(8-26-18)19(22,23)24/h1-3,6-9,16-17H,4-5H2,(H,27,28). The first-order chi connectivity index (χ1) is 14.8. The summed E-state index contributed by atoms with van der Waals surface area (Å²) in [6.07, 6.45) is -3.79. The Hall–Kier alpha value is -3.57. The van der Waals surface area contributed by atoms with Crippen LogP contribution in [-0.4, -0.2) is 36.1 Å². The summed E-state index contributed by atoms with van der Waals surface area (Å²) in [5.74, 6) is 0.0674. The van der Waals surface area contributed by atoms with Gasteiger partial charge in [0.25, 0.3) is 6.43 Å². The van der Waals surface area contributed by atoms with Crippen molar-refractivity contribution in [3.8, 4) is 0 Å². The van der Waals surface area contributed by atoms with E-state index in [-0.39, 0.29) is 11.6 Å². The molecular formula is C19H14F5N7. The van der Waals surface area contributed by atoms with Gasteiger partial charge < -0.3 is 9.88 Å². The van der Waals surface area contributed by atoms with E-state index in [0.29, 0.717) is 29.9 Å². The highest BCUT2D eigenvalue weighted by atomic mass is 19.4. The first kappa shape index (κ1) is 19.4. The molecule has 4 aromatic rings. The van der Waals surface area contributed by atoms with E-state index in [1.165, 1.54) is 18.5 Å². The third-order valence-corrected chi connectivity index (χ3v) is 5.19. The summed E-state index contributed by atoms with van der Waals surface area (Å²) in [6, 6.07) is 5.44. The quantitative estimate of drug-likeness (QED) is 0.493. The van der Waals surface area contributed by atoms with E-state index in [0.717, 1.165) is 22.6 Å². The number of imidazole rings is 1. The third kappa shape index (κ3) is 3.27. The lowest BCUT2D eigenvalue weighted by Gasteiger charge is -2.33. The Morgan fingerprint density at radius 3 is 2.58 bits per heavy atom. The van der Waals surface area contributed by atoms with Crippen LogP contribution in [0.25, 0.3) is 5.52 Å². The van der Waals surface area contributed by atoms with Crippen molar-refractivity contribution >= 4 is 11.5 Å². The Morgan fingerprint density at radius 2 is 1.87 bits per heavy atom. The lowest BCUT2D eigenvalue weighted by molar-refractivity contribution is -0.138. The second-order valence-electron chi connectivity index (χ2n) is 7.04. The van der Waals surface area contributed by atoms with Crippen LogP contribution in [0.4, 0.5) is 27.9 Å². The maximum Gasteiger partial charge on any atom is 0.419 e. The fourth-order valence-electron chi connectivity index (χ4n) is 3.76. The zero-order valence-corrected chi connectivity index (χ0v) is 15.7. The van der Waals surface area contributed by atoms with Gasteiger partial charge in [-0.25, -0.2) is 28.2 Å². The molecule has 1 N–H and O–H groups in total. The lowest BCUT2D eigenvalue weighted by atomic mass is 10.0. The van der Waals surface area contributed by atoms with Crippen molar-refractivity contribution < 1.29 is 22.0 Å². The van der Waals surface area contributed by atoms with Crippen molar-refractivity contribution in [1.82, 2.24) is 29.5 Å². The number of nitrogens with zero attached hydrogens (tertiary/aromatic N) is 6. The number of H-pyrrole nitrogens is 1. The normalized spacial score (nSPS) is 16.8. The first-order valence-electron chi connectivity index (χ1n) is 9.27. The second-order valence-corrected chi connectivity index (χ2v) is 7.04. The highest BCUT2D eigenvalue weighted by Crippen LogP contribution is 2.36. The van der Waals surface area contributed by atoms with Gasteiger partial charge in [-0.15, -0.1) is 0 Å². The molecule has 7 nitrogen and oxygen atoms in total. The van der Waals surface area contributed by atoms with Gasteiger partial charge in [0.15, 0.2) is 0 Å².